The van der Waals surface area contributed by atoms with E-state index in [9.17, 15) is 13.2 Å². The molecule has 140 valence electrons. The highest BCUT2D eigenvalue weighted by Gasteiger charge is 2.19. The van der Waals surface area contributed by atoms with Crippen molar-refractivity contribution in [3.63, 3.8) is 0 Å². The number of nitrogens with one attached hydrogen (secondary N) is 1. The van der Waals surface area contributed by atoms with Crippen LogP contribution in [0.2, 0.25) is 0 Å². The van der Waals surface area contributed by atoms with Crippen LogP contribution in [0.3, 0.4) is 0 Å². The van der Waals surface area contributed by atoms with Crippen LogP contribution in [0, 0.1) is 6.92 Å². The molecule has 0 aliphatic rings. The summed E-state index contributed by atoms with van der Waals surface area (Å²) in [5.74, 6) is 0.386. The van der Waals surface area contributed by atoms with Crippen molar-refractivity contribution >= 4 is 15.9 Å². The second-order valence-corrected chi connectivity index (χ2v) is 8.47. The number of nitrogens with zero attached hydrogens (tertiary/aromatic N) is 1. The van der Waals surface area contributed by atoms with Gasteiger partial charge in [-0.05, 0) is 44.2 Å². The second kappa shape index (κ2) is 8.33. The van der Waals surface area contributed by atoms with Crippen LogP contribution in [0.25, 0.3) is 0 Å². The highest BCUT2D eigenvalue weighted by molar-refractivity contribution is 7.89. The van der Waals surface area contributed by atoms with Crippen molar-refractivity contribution in [1.82, 2.24) is 9.62 Å². The Morgan fingerprint density at radius 1 is 1.15 bits per heavy atom. The Bertz CT molecular complexity index is 861. The fourth-order valence-electron chi connectivity index (χ4n) is 2.21. The standard InChI is InChI=1S/C19H24N2O4S/c1-14-8-10-17(11-9-14)25-13-15(2)20-19(22)16-6-5-7-18(12-16)26(23,24)21(3)4/h5-12,15H,13H2,1-4H3,(H,20,22)/t15-/m0/s1. The maximum absolute atomic E-state index is 12.4. The third kappa shape index (κ3) is 5.06. The van der Waals surface area contributed by atoms with E-state index in [1.165, 1.54) is 26.2 Å². The fraction of sp³-hybridized carbons (Fsp3) is 0.316. The number of aryl methyl sites for hydroxylation is 1. The van der Waals surface area contributed by atoms with Crippen LogP contribution in [0.15, 0.2) is 53.4 Å². The van der Waals surface area contributed by atoms with Gasteiger partial charge in [0.05, 0.1) is 10.9 Å². The predicted molar refractivity (Wildman–Crippen MR) is 101 cm³/mol. The van der Waals surface area contributed by atoms with Gasteiger partial charge in [0, 0.05) is 19.7 Å². The first kappa shape index (κ1) is 19.9. The van der Waals surface area contributed by atoms with Crippen LogP contribution in [-0.2, 0) is 10.0 Å². The van der Waals surface area contributed by atoms with Crippen molar-refractivity contribution in [2.24, 2.45) is 0 Å². The molecule has 0 spiro atoms. The molecule has 6 nitrogen and oxygen atoms in total. The van der Waals surface area contributed by atoms with Gasteiger partial charge in [0.15, 0.2) is 0 Å². The molecule has 0 fully saturated rings. The summed E-state index contributed by atoms with van der Waals surface area (Å²) in [7, 11) is -0.681. The number of hydrogen-bond acceptors (Lipinski definition) is 4. The van der Waals surface area contributed by atoms with Gasteiger partial charge in [0.25, 0.3) is 5.91 Å². The average molecular weight is 376 g/mol. The van der Waals surface area contributed by atoms with Crippen molar-refractivity contribution < 1.29 is 17.9 Å². The lowest BCUT2D eigenvalue weighted by Gasteiger charge is -2.16. The Kier molecular flexibility index (Phi) is 6.39. The van der Waals surface area contributed by atoms with Gasteiger partial charge in [0.2, 0.25) is 10.0 Å². The van der Waals surface area contributed by atoms with E-state index in [2.05, 4.69) is 5.32 Å². The molecule has 0 aliphatic carbocycles. The minimum atomic E-state index is -3.58. The van der Waals surface area contributed by atoms with Gasteiger partial charge in [-0.15, -0.1) is 0 Å². The molecule has 0 unspecified atom stereocenters. The molecule has 0 heterocycles. The van der Waals surface area contributed by atoms with Crippen LogP contribution in [0.4, 0.5) is 0 Å². The summed E-state index contributed by atoms with van der Waals surface area (Å²) < 4.78 is 31.1. The zero-order valence-electron chi connectivity index (χ0n) is 15.4. The molecule has 2 aromatic rings. The lowest BCUT2D eigenvalue weighted by Crippen LogP contribution is -2.36. The van der Waals surface area contributed by atoms with Crippen molar-refractivity contribution in [2.75, 3.05) is 20.7 Å². The topological polar surface area (TPSA) is 75.7 Å². The van der Waals surface area contributed by atoms with E-state index in [1.54, 1.807) is 12.1 Å². The second-order valence-electron chi connectivity index (χ2n) is 6.31. The van der Waals surface area contributed by atoms with E-state index in [0.717, 1.165) is 15.6 Å². The van der Waals surface area contributed by atoms with Crippen molar-refractivity contribution in [3.05, 3.63) is 59.7 Å². The number of carbonyl (C=O) groups excluding carboxylic acids is 1. The fourth-order valence-corrected chi connectivity index (χ4v) is 3.16. The van der Waals surface area contributed by atoms with Gasteiger partial charge >= 0.3 is 0 Å². The summed E-state index contributed by atoms with van der Waals surface area (Å²) >= 11 is 0. The SMILES string of the molecule is Cc1ccc(OC[C@H](C)NC(=O)c2cccc(S(=O)(=O)N(C)C)c2)cc1. The maximum atomic E-state index is 12.4. The van der Waals surface area contributed by atoms with Crippen molar-refractivity contribution in [3.8, 4) is 5.75 Å². The molecule has 0 bridgehead atoms. The zero-order valence-corrected chi connectivity index (χ0v) is 16.2. The van der Waals surface area contributed by atoms with E-state index in [1.807, 2.05) is 38.1 Å². The van der Waals surface area contributed by atoms with Crippen LogP contribution in [-0.4, -0.2) is 45.4 Å². The quantitative estimate of drug-likeness (QED) is 0.805. The van der Waals surface area contributed by atoms with E-state index in [0.29, 0.717) is 6.61 Å². The Morgan fingerprint density at radius 3 is 2.42 bits per heavy atom. The van der Waals surface area contributed by atoms with Gasteiger partial charge in [0.1, 0.15) is 12.4 Å². The highest BCUT2D eigenvalue weighted by Crippen LogP contribution is 2.15. The number of ether oxygens (including phenoxy) is 1. The first-order chi connectivity index (χ1) is 12.2. The number of carbonyl (C=O) groups is 1. The zero-order chi connectivity index (χ0) is 19.3. The third-order valence-corrected chi connectivity index (χ3v) is 5.58. The van der Waals surface area contributed by atoms with Crippen LogP contribution >= 0.6 is 0 Å². The Balaban J connectivity index is 1.99. The molecule has 2 rings (SSSR count). The number of benzene rings is 2. The summed E-state index contributed by atoms with van der Waals surface area (Å²) in [5, 5.41) is 2.81. The molecule has 0 saturated heterocycles. The molecule has 0 radical (unpaired) electrons. The van der Waals surface area contributed by atoms with Crippen LogP contribution in [0.1, 0.15) is 22.8 Å². The predicted octanol–water partition coefficient (Wildman–Crippen LogP) is 2.44. The molecule has 0 aliphatic heterocycles. The molecule has 2 aromatic carbocycles. The minimum Gasteiger partial charge on any atom is -0.491 e. The smallest absolute Gasteiger partial charge is 0.251 e. The Labute approximate surface area is 154 Å². The maximum Gasteiger partial charge on any atom is 0.251 e. The molecule has 26 heavy (non-hydrogen) atoms. The van der Waals surface area contributed by atoms with Gasteiger partial charge in [-0.25, -0.2) is 12.7 Å². The monoisotopic (exact) mass is 376 g/mol. The van der Waals surface area contributed by atoms with Crippen LogP contribution < -0.4 is 10.1 Å². The minimum absolute atomic E-state index is 0.0821. The number of hydrogen-bond donors (Lipinski definition) is 1. The normalized spacial score (nSPS) is 12.7. The number of sulfonamides is 1. The molecule has 1 atom stereocenters. The molecule has 7 heteroatoms. The van der Waals surface area contributed by atoms with E-state index >= 15 is 0 Å². The lowest BCUT2D eigenvalue weighted by atomic mass is 10.2. The molecule has 1 N–H and O–H groups in total. The van der Waals surface area contributed by atoms with Gasteiger partial charge in [-0.3, -0.25) is 4.79 Å². The summed E-state index contributed by atoms with van der Waals surface area (Å²) in [6.45, 7) is 4.13. The van der Waals surface area contributed by atoms with E-state index < -0.39 is 10.0 Å². The van der Waals surface area contributed by atoms with Crippen LogP contribution in [0.5, 0.6) is 5.75 Å². The first-order valence-electron chi connectivity index (χ1n) is 8.23. The molecular weight excluding hydrogens is 352 g/mol. The van der Waals surface area contributed by atoms with Crippen molar-refractivity contribution in [1.29, 1.82) is 0 Å². The molecule has 0 saturated carbocycles. The van der Waals surface area contributed by atoms with Gasteiger partial charge in [-0.1, -0.05) is 23.8 Å². The van der Waals surface area contributed by atoms with Crippen molar-refractivity contribution in [2.45, 2.75) is 24.8 Å². The first-order valence-corrected chi connectivity index (χ1v) is 9.67. The Hall–Kier alpha value is -2.38. The van der Waals surface area contributed by atoms with E-state index in [4.69, 9.17) is 4.74 Å². The summed E-state index contributed by atoms with van der Waals surface area (Å²) in [6.07, 6.45) is 0. The van der Waals surface area contributed by atoms with Gasteiger partial charge < -0.3 is 10.1 Å². The Morgan fingerprint density at radius 2 is 1.81 bits per heavy atom. The highest BCUT2D eigenvalue weighted by atomic mass is 32.2. The third-order valence-electron chi connectivity index (χ3n) is 3.77. The number of rotatable bonds is 7. The summed E-state index contributed by atoms with van der Waals surface area (Å²) in [6, 6.07) is 13.4. The average Bonchev–Trinajstić information content (AvgIpc) is 2.61. The van der Waals surface area contributed by atoms with E-state index in [-0.39, 0.29) is 22.4 Å². The largest absolute Gasteiger partial charge is 0.491 e. The molecule has 1 amide bonds. The molecule has 0 aromatic heterocycles. The summed E-state index contributed by atoms with van der Waals surface area (Å²) in [4.78, 5) is 12.5. The molecular formula is C19H24N2O4S. The van der Waals surface area contributed by atoms with Gasteiger partial charge in [-0.2, -0.15) is 0 Å². The number of amides is 1. The summed E-state index contributed by atoms with van der Waals surface area (Å²) in [5.41, 5.74) is 1.43. The lowest BCUT2D eigenvalue weighted by molar-refractivity contribution is 0.0926.